The number of carbonyl (C=O) groups is 1. The molecule has 0 fully saturated rings. The predicted octanol–water partition coefficient (Wildman–Crippen LogP) is 5.88. The normalized spacial score (nSPS) is 11.8. The maximum Gasteiger partial charge on any atom is 0.211 e. The highest BCUT2D eigenvalue weighted by molar-refractivity contribution is 5.79. The molecule has 44 heavy (non-hydrogen) atoms. The number of fused-ring (bicyclic) bond motifs is 1. The zero-order valence-electron chi connectivity index (χ0n) is 24.9. The highest BCUT2D eigenvalue weighted by Crippen LogP contribution is 2.29. The predicted molar refractivity (Wildman–Crippen MR) is 169 cm³/mol. The van der Waals surface area contributed by atoms with Crippen molar-refractivity contribution in [1.29, 1.82) is 5.26 Å². The number of hydrogen-bond donors (Lipinski definition) is 1. The van der Waals surface area contributed by atoms with Crippen LogP contribution in [0.4, 0.5) is 4.39 Å². The van der Waals surface area contributed by atoms with Gasteiger partial charge in [-0.15, -0.1) is 0 Å². The zero-order valence-corrected chi connectivity index (χ0v) is 24.9. The number of aromatic nitrogens is 4. The molecule has 0 atom stereocenters. The highest BCUT2D eigenvalue weighted by Gasteiger charge is 2.17. The van der Waals surface area contributed by atoms with Crippen molar-refractivity contribution in [2.24, 2.45) is 7.05 Å². The molecule has 8 nitrogen and oxygen atoms in total. The van der Waals surface area contributed by atoms with Gasteiger partial charge in [0.05, 0.1) is 29.3 Å². The van der Waals surface area contributed by atoms with Gasteiger partial charge in [0.25, 0.3) is 0 Å². The highest BCUT2D eigenvalue weighted by atomic mass is 19.1. The van der Waals surface area contributed by atoms with Gasteiger partial charge in [-0.3, -0.25) is 4.79 Å². The van der Waals surface area contributed by atoms with E-state index < -0.39 is 5.82 Å². The summed E-state index contributed by atoms with van der Waals surface area (Å²) in [6.45, 7) is 3.30. The number of benzene rings is 3. The number of imidazole rings is 2. The van der Waals surface area contributed by atoms with E-state index in [0.717, 1.165) is 44.9 Å². The van der Waals surface area contributed by atoms with Crippen molar-refractivity contribution in [3.05, 3.63) is 125 Å². The maximum atomic E-state index is 14.3. The number of nitrogens with zero attached hydrogens (tertiary/aromatic N) is 5. The van der Waals surface area contributed by atoms with Crippen LogP contribution < -0.4 is 5.32 Å². The van der Waals surface area contributed by atoms with Gasteiger partial charge in [0.2, 0.25) is 6.41 Å². The summed E-state index contributed by atoms with van der Waals surface area (Å²) in [5.74, 6) is 1.28. The molecule has 0 aliphatic rings. The zero-order chi connectivity index (χ0) is 31.1. The third-order valence-corrected chi connectivity index (χ3v) is 7.47. The van der Waals surface area contributed by atoms with Crippen molar-refractivity contribution in [2.45, 2.75) is 26.3 Å². The monoisotopic (exact) mass is 588 g/mol. The second-order valence-corrected chi connectivity index (χ2v) is 10.5. The van der Waals surface area contributed by atoms with Gasteiger partial charge >= 0.3 is 0 Å². The Morgan fingerprint density at radius 3 is 2.70 bits per heavy atom. The summed E-state index contributed by atoms with van der Waals surface area (Å²) in [6, 6.07) is 18.7. The van der Waals surface area contributed by atoms with Crippen molar-refractivity contribution in [1.82, 2.24) is 24.4 Å². The average molecular weight is 589 g/mol. The largest absolute Gasteiger partial charge is 0.383 e. The summed E-state index contributed by atoms with van der Waals surface area (Å²) in [5.41, 5.74) is 7.23. The van der Waals surface area contributed by atoms with Crippen LogP contribution in [0.25, 0.3) is 28.1 Å². The summed E-state index contributed by atoms with van der Waals surface area (Å²) in [7, 11) is 3.64. The molecule has 0 aliphatic heterocycles. The van der Waals surface area contributed by atoms with Crippen LogP contribution in [0.2, 0.25) is 0 Å². The summed E-state index contributed by atoms with van der Waals surface area (Å²) in [4.78, 5) is 21.2. The fourth-order valence-corrected chi connectivity index (χ4v) is 5.19. The fourth-order valence-electron chi connectivity index (χ4n) is 5.19. The van der Waals surface area contributed by atoms with Crippen molar-refractivity contribution in [3.63, 3.8) is 0 Å². The molecular weight excluding hydrogens is 555 g/mol. The molecule has 9 heteroatoms. The molecule has 0 saturated carbocycles. The van der Waals surface area contributed by atoms with E-state index in [9.17, 15) is 9.18 Å². The third-order valence-electron chi connectivity index (χ3n) is 7.47. The van der Waals surface area contributed by atoms with Gasteiger partial charge in [0, 0.05) is 50.8 Å². The minimum Gasteiger partial charge on any atom is -0.383 e. The average Bonchev–Trinajstić information content (AvgIpc) is 3.60. The smallest absolute Gasteiger partial charge is 0.211 e. The Bertz CT molecular complexity index is 1910. The van der Waals surface area contributed by atoms with Crippen molar-refractivity contribution >= 4 is 23.1 Å². The lowest BCUT2D eigenvalue weighted by Crippen LogP contribution is -2.11. The van der Waals surface area contributed by atoms with E-state index in [1.165, 1.54) is 6.07 Å². The SMILES string of the molecule is COCCn1c(Cc2ccc(/C(=C/C=C\Cc3ccc(C#N)cc3F)NC=O)cc2-c2nccn2C)nc2cc(C)ccc21. The number of allylic oxidation sites excluding steroid dienone is 3. The lowest BCUT2D eigenvalue weighted by Gasteiger charge is -2.15. The van der Waals surface area contributed by atoms with E-state index >= 15 is 0 Å². The van der Waals surface area contributed by atoms with Crippen molar-refractivity contribution in [2.75, 3.05) is 13.7 Å². The number of nitriles is 1. The Morgan fingerprint density at radius 2 is 1.98 bits per heavy atom. The van der Waals surface area contributed by atoms with Gasteiger partial charge in [-0.25, -0.2) is 14.4 Å². The van der Waals surface area contributed by atoms with Crippen LogP contribution in [-0.2, 0) is 36.0 Å². The molecule has 0 aliphatic carbocycles. The summed E-state index contributed by atoms with van der Waals surface area (Å²) in [5, 5.41) is 11.8. The minimum absolute atomic E-state index is 0.280. The molecular formula is C35H33FN6O2. The number of carbonyl (C=O) groups excluding carboxylic acids is 1. The van der Waals surface area contributed by atoms with Gasteiger partial charge in [-0.2, -0.15) is 5.26 Å². The van der Waals surface area contributed by atoms with Gasteiger partial charge < -0.3 is 19.2 Å². The molecule has 2 heterocycles. The molecule has 0 saturated heterocycles. The van der Waals surface area contributed by atoms with Crippen LogP contribution in [0, 0.1) is 24.1 Å². The first-order chi connectivity index (χ1) is 21.4. The fraction of sp³-hybridized carbons (Fsp3) is 0.200. The number of rotatable bonds is 12. The van der Waals surface area contributed by atoms with Crippen LogP contribution in [0.5, 0.6) is 0 Å². The molecule has 0 radical (unpaired) electrons. The number of halogens is 1. The molecule has 1 amide bonds. The first-order valence-corrected chi connectivity index (χ1v) is 14.2. The molecule has 0 bridgehead atoms. The number of amides is 1. The number of hydrogen-bond acceptors (Lipinski definition) is 5. The molecule has 3 aromatic carbocycles. The second kappa shape index (κ2) is 13.8. The standard InChI is InChI=1S/C35H33FN6O2/c1-24-8-13-33-32(18-24)40-34(42(33)16-17-44-3)21-27-11-12-28(20-29(27)35-38-14-15-41(35)2)31(39-23-43)7-5-4-6-26-10-9-25(22-37)19-30(26)36/h4-5,7-15,18-20,23H,6,16-17,21H2,1-3H3,(H,39,43)/b5-4-,31-7-. The first kappa shape index (κ1) is 30.1. The maximum absolute atomic E-state index is 14.3. The number of aryl methyl sites for hydroxylation is 2. The lowest BCUT2D eigenvalue weighted by atomic mass is 9.98. The van der Waals surface area contributed by atoms with Crippen LogP contribution >= 0.6 is 0 Å². The van der Waals surface area contributed by atoms with Gasteiger partial charge in [-0.05, 0) is 72.0 Å². The molecule has 1 N–H and O–H groups in total. The second-order valence-electron chi connectivity index (χ2n) is 10.5. The molecule has 2 aromatic heterocycles. The van der Waals surface area contributed by atoms with E-state index in [2.05, 4.69) is 40.0 Å². The molecule has 222 valence electrons. The van der Waals surface area contributed by atoms with E-state index in [-0.39, 0.29) is 5.56 Å². The van der Waals surface area contributed by atoms with Crippen LogP contribution in [0.15, 0.2) is 85.2 Å². The first-order valence-electron chi connectivity index (χ1n) is 14.2. The van der Waals surface area contributed by atoms with E-state index in [1.807, 2.05) is 42.1 Å². The van der Waals surface area contributed by atoms with E-state index in [0.29, 0.717) is 43.7 Å². The Balaban J connectivity index is 1.50. The van der Waals surface area contributed by atoms with E-state index in [4.69, 9.17) is 15.0 Å². The summed E-state index contributed by atoms with van der Waals surface area (Å²) >= 11 is 0. The van der Waals surface area contributed by atoms with Crippen molar-refractivity contribution in [3.8, 4) is 17.5 Å². The topological polar surface area (TPSA) is 97.8 Å². The van der Waals surface area contributed by atoms with Gasteiger partial charge in [-0.1, -0.05) is 36.4 Å². The van der Waals surface area contributed by atoms with E-state index in [1.54, 1.807) is 43.7 Å². The number of ether oxygens (including phenoxy) is 1. The number of methoxy groups -OCH3 is 1. The minimum atomic E-state index is -0.426. The summed E-state index contributed by atoms with van der Waals surface area (Å²) in [6.07, 6.45) is 10.5. The number of nitrogens with one attached hydrogen (secondary N) is 1. The molecule has 5 aromatic rings. The van der Waals surface area contributed by atoms with Crippen LogP contribution in [0.3, 0.4) is 0 Å². The quantitative estimate of drug-likeness (QED) is 0.145. The Morgan fingerprint density at radius 1 is 1.14 bits per heavy atom. The van der Waals surface area contributed by atoms with Crippen molar-refractivity contribution < 1.29 is 13.9 Å². The lowest BCUT2D eigenvalue weighted by molar-refractivity contribution is -0.108. The molecule has 0 spiro atoms. The Kier molecular flexibility index (Phi) is 9.43. The van der Waals surface area contributed by atoms with Gasteiger partial charge in [0.15, 0.2) is 0 Å². The summed E-state index contributed by atoms with van der Waals surface area (Å²) < 4.78 is 23.9. The third kappa shape index (κ3) is 6.66. The van der Waals surface area contributed by atoms with Crippen LogP contribution in [-0.4, -0.2) is 39.2 Å². The Labute approximate surface area is 255 Å². The Hall–Kier alpha value is -5.33. The van der Waals surface area contributed by atoms with Crippen LogP contribution in [0.1, 0.15) is 33.6 Å². The van der Waals surface area contributed by atoms with Gasteiger partial charge in [0.1, 0.15) is 17.5 Å². The molecule has 0 unspecified atom stereocenters. The molecule has 5 rings (SSSR count).